The van der Waals surface area contributed by atoms with Gasteiger partial charge in [-0.25, -0.2) is 4.79 Å². The minimum absolute atomic E-state index is 0.337. The number of amides is 1. The normalized spacial score (nSPS) is 14.4. The van der Waals surface area contributed by atoms with Gasteiger partial charge >= 0.3 is 6.09 Å². The topological polar surface area (TPSA) is 43.3 Å². The molecule has 4 nitrogen and oxygen atoms in total. The molecular formula is C14H22N2O2. The number of carbonyl (C=O) groups is 1. The van der Waals surface area contributed by atoms with Crippen LogP contribution in [-0.2, 0) is 24.1 Å². The summed E-state index contributed by atoms with van der Waals surface area (Å²) in [6.07, 6.45) is 2.94. The lowest BCUT2D eigenvalue weighted by Gasteiger charge is -2.19. The first-order chi connectivity index (χ1) is 8.46. The molecule has 0 atom stereocenters. The number of carbonyl (C=O) groups excluding carboxylic acids is 1. The lowest BCUT2D eigenvalue weighted by Crippen LogP contribution is -2.33. The summed E-state index contributed by atoms with van der Waals surface area (Å²) in [6, 6.07) is 4.35. The van der Waals surface area contributed by atoms with Crippen molar-refractivity contribution in [2.45, 2.75) is 52.2 Å². The van der Waals surface area contributed by atoms with Crippen LogP contribution in [-0.4, -0.2) is 22.8 Å². The molecule has 0 fully saturated rings. The zero-order valence-electron chi connectivity index (χ0n) is 11.5. The van der Waals surface area contributed by atoms with Crippen molar-refractivity contribution in [3.8, 4) is 0 Å². The number of aromatic nitrogens is 1. The van der Waals surface area contributed by atoms with Crippen LogP contribution in [0.4, 0.5) is 4.79 Å². The SMILES string of the molecule is CC(C)(C)OC(=O)NCCc1ccc2n1CCC2. The summed E-state index contributed by atoms with van der Waals surface area (Å²) >= 11 is 0. The Kier molecular flexibility index (Phi) is 3.64. The minimum atomic E-state index is -0.430. The Morgan fingerprint density at radius 1 is 1.44 bits per heavy atom. The Labute approximate surface area is 108 Å². The highest BCUT2D eigenvalue weighted by molar-refractivity contribution is 5.67. The molecule has 0 aliphatic carbocycles. The van der Waals surface area contributed by atoms with E-state index in [0.29, 0.717) is 6.54 Å². The Bertz CT molecular complexity index is 429. The second kappa shape index (κ2) is 5.04. The van der Waals surface area contributed by atoms with Gasteiger partial charge in [0.05, 0.1) is 0 Å². The molecule has 0 saturated heterocycles. The van der Waals surface area contributed by atoms with Gasteiger partial charge in [0, 0.05) is 30.9 Å². The summed E-state index contributed by atoms with van der Waals surface area (Å²) in [5.74, 6) is 0. The molecule has 1 aromatic rings. The summed E-state index contributed by atoms with van der Waals surface area (Å²) in [4.78, 5) is 11.5. The molecule has 0 unspecified atom stereocenters. The third-order valence-electron chi connectivity index (χ3n) is 3.03. The van der Waals surface area contributed by atoms with Crippen molar-refractivity contribution in [3.05, 3.63) is 23.5 Å². The second-order valence-electron chi connectivity index (χ2n) is 5.75. The molecule has 1 aliphatic heterocycles. The van der Waals surface area contributed by atoms with Crippen LogP contribution in [0.1, 0.15) is 38.6 Å². The Hall–Kier alpha value is -1.45. The van der Waals surface area contributed by atoms with Crippen LogP contribution in [0.3, 0.4) is 0 Å². The first kappa shape index (κ1) is 13.0. The van der Waals surface area contributed by atoms with Crippen molar-refractivity contribution in [2.24, 2.45) is 0 Å². The minimum Gasteiger partial charge on any atom is -0.444 e. The predicted octanol–water partition coefficient (Wildman–Crippen LogP) is 2.50. The Morgan fingerprint density at radius 3 is 2.94 bits per heavy atom. The summed E-state index contributed by atoms with van der Waals surface area (Å²) in [6.45, 7) is 7.34. The molecule has 18 heavy (non-hydrogen) atoms. The fourth-order valence-electron chi connectivity index (χ4n) is 2.31. The maximum Gasteiger partial charge on any atom is 0.407 e. The number of nitrogens with one attached hydrogen (secondary N) is 1. The third-order valence-corrected chi connectivity index (χ3v) is 3.03. The van der Waals surface area contributed by atoms with Crippen molar-refractivity contribution in [1.82, 2.24) is 9.88 Å². The van der Waals surface area contributed by atoms with Crippen LogP contribution in [0.25, 0.3) is 0 Å². The molecule has 0 radical (unpaired) electrons. The van der Waals surface area contributed by atoms with E-state index < -0.39 is 5.60 Å². The van der Waals surface area contributed by atoms with E-state index in [1.54, 1.807) is 0 Å². The number of aryl methyl sites for hydroxylation is 1. The van der Waals surface area contributed by atoms with Gasteiger partial charge in [0.15, 0.2) is 0 Å². The number of ether oxygens (including phenoxy) is 1. The quantitative estimate of drug-likeness (QED) is 0.895. The van der Waals surface area contributed by atoms with E-state index in [-0.39, 0.29) is 6.09 Å². The van der Waals surface area contributed by atoms with Gasteiger partial charge < -0.3 is 14.6 Å². The molecular weight excluding hydrogens is 228 g/mol. The summed E-state index contributed by atoms with van der Waals surface area (Å²) in [5.41, 5.74) is 2.29. The van der Waals surface area contributed by atoms with Gasteiger partial charge in [-0.05, 0) is 45.7 Å². The molecule has 1 N–H and O–H groups in total. The Morgan fingerprint density at radius 2 is 2.22 bits per heavy atom. The standard InChI is InChI=1S/C14H22N2O2/c1-14(2,3)18-13(17)15-9-8-12-7-6-11-5-4-10-16(11)12/h6-7H,4-5,8-10H2,1-3H3,(H,15,17). The van der Waals surface area contributed by atoms with Crippen LogP contribution in [0.15, 0.2) is 12.1 Å². The fraction of sp³-hybridized carbons (Fsp3) is 0.643. The molecule has 0 saturated carbocycles. The van der Waals surface area contributed by atoms with E-state index in [2.05, 4.69) is 22.0 Å². The molecule has 0 bridgehead atoms. The molecule has 2 rings (SSSR count). The van der Waals surface area contributed by atoms with E-state index in [4.69, 9.17) is 4.74 Å². The Balaban J connectivity index is 1.77. The molecule has 1 aliphatic rings. The maximum atomic E-state index is 11.5. The van der Waals surface area contributed by atoms with Crippen molar-refractivity contribution in [3.63, 3.8) is 0 Å². The van der Waals surface area contributed by atoms with Crippen LogP contribution < -0.4 is 5.32 Å². The van der Waals surface area contributed by atoms with E-state index in [9.17, 15) is 4.79 Å². The van der Waals surface area contributed by atoms with Gasteiger partial charge in [-0.2, -0.15) is 0 Å². The third kappa shape index (κ3) is 3.28. The first-order valence-corrected chi connectivity index (χ1v) is 6.60. The highest BCUT2D eigenvalue weighted by Gasteiger charge is 2.16. The lowest BCUT2D eigenvalue weighted by molar-refractivity contribution is 0.0528. The van der Waals surface area contributed by atoms with E-state index >= 15 is 0 Å². The van der Waals surface area contributed by atoms with E-state index in [1.807, 2.05) is 20.8 Å². The molecule has 100 valence electrons. The number of fused-ring (bicyclic) bond motifs is 1. The van der Waals surface area contributed by atoms with E-state index in [0.717, 1.165) is 13.0 Å². The van der Waals surface area contributed by atoms with E-state index in [1.165, 1.54) is 24.2 Å². The summed E-state index contributed by atoms with van der Waals surface area (Å²) in [7, 11) is 0. The van der Waals surface area contributed by atoms with Gasteiger partial charge in [0.25, 0.3) is 0 Å². The van der Waals surface area contributed by atoms with Gasteiger partial charge in [0.2, 0.25) is 0 Å². The molecule has 4 heteroatoms. The average Bonchev–Trinajstić information content (AvgIpc) is 2.79. The zero-order chi connectivity index (χ0) is 13.2. The molecule has 1 amide bonds. The number of nitrogens with zero attached hydrogens (tertiary/aromatic N) is 1. The monoisotopic (exact) mass is 250 g/mol. The van der Waals surface area contributed by atoms with Crippen LogP contribution in [0.2, 0.25) is 0 Å². The van der Waals surface area contributed by atoms with Gasteiger partial charge in [-0.1, -0.05) is 0 Å². The fourth-order valence-corrected chi connectivity index (χ4v) is 2.31. The number of rotatable bonds is 3. The first-order valence-electron chi connectivity index (χ1n) is 6.60. The highest BCUT2D eigenvalue weighted by Crippen LogP contribution is 2.19. The average molecular weight is 250 g/mol. The van der Waals surface area contributed by atoms with Crippen molar-refractivity contribution >= 4 is 6.09 Å². The second-order valence-corrected chi connectivity index (χ2v) is 5.75. The number of hydrogen-bond acceptors (Lipinski definition) is 2. The van der Waals surface area contributed by atoms with Crippen molar-refractivity contribution in [2.75, 3.05) is 6.54 Å². The predicted molar refractivity (Wildman–Crippen MR) is 70.7 cm³/mol. The summed E-state index contributed by atoms with van der Waals surface area (Å²) in [5, 5.41) is 2.79. The molecule has 0 aromatic carbocycles. The maximum absolute atomic E-state index is 11.5. The summed E-state index contributed by atoms with van der Waals surface area (Å²) < 4.78 is 7.55. The van der Waals surface area contributed by atoms with Gasteiger partial charge in [-0.3, -0.25) is 0 Å². The van der Waals surface area contributed by atoms with Crippen LogP contribution in [0.5, 0.6) is 0 Å². The van der Waals surface area contributed by atoms with Crippen LogP contribution in [0, 0.1) is 0 Å². The van der Waals surface area contributed by atoms with Crippen molar-refractivity contribution in [1.29, 1.82) is 0 Å². The van der Waals surface area contributed by atoms with Crippen molar-refractivity contribution < 1.29 is 9.53 Å². The largest absolute Gasteiger partial charge is 0.444 e. The molecule has 2 heterocycles. The molecule has 1 aromatic heterocycles. The number of alkyl carbamates (subject to hydrolysis) is 1. The number of hydrogen-bond donors (Lipinski definition) is 1. The van der Waals surface area contributed by atoms with Crippen LogP contribution >= 0.6 is 0 Å². The zero-order valence-corrected chi connectivity index (χ0v) is 11.5. The molecule has 0 spiro atoms. The smallest absolute Gasteiger partial charge is 0.407 e. The van der Waals surface area contributed by atoms with Gasteiger partial charge in [-0.15, -0.1) is 0 Å². The van der Waals surface area contributed by atoms with Gasteiger partial charge in [0.1, 0.15) is 5.60 Å². The lowest BCUT2D eigenvalue weighted by atomic mass is 10.2. The highest BCUT2D eigenvalue weighted by atomic mass is 16.6.